The highest BCUT2D eigenvalue weighted by Crippen LogP contribution is 2.57. The molecule has 4 rings (SSSR count). The first-order valence-electron chi connectivity index (χ1n) is 9.01. The zero-order chi connectivity index (χ0) is 18.7. The summed E-state index contributed by atoms with van der Waals surface area (Å²) >= 11 is 3.22. The highest BCUT2D eigenvalue weighted by atomic mass is 32.1. The van der Waals surface area contributed by atoms with Crippen LogP contribution in [0.2, 0.25) is 0 Å². The van der Waals surface area contributed by atoms with Crippen LogP contribution in [-0.2, 0) is 9.53 Å². The van der Waals surface area contributed by atoms with Gasteiger partial charge in [-0.1, -0.05) is 13.8 Å². The van der Waals surface area contributed by atoms with E-state index in [1.54, 1.807) is 11.3 Å². The Kier molecular flexibility index (Phi) is 4.26. The van der Waals surface area contributed by atoms with Crippen molar-refractivity contribution in [3.63, 3.8) is 0 Å². The number of aryl methyl sites for hydroxylation is 2. The first-order valence-corrected chi connectivity index (χ1v) is 10.6. The van der Waals surface area contributed by atoms with E-state index in [-0.39, 0.29) is 23.3 Å². The van der Waals surface area contributed by atoms with Gasteiger partial charge < -0.3 is 15.8 Å². The molecule has 3 N–H and O–H groups in total. The second-order valence-corrected chi connectivity index (χ2v) is 10.4. The number of carbonyl (C=O) groups is 1. The Bertz CT molecular complexity index is 857. The third-order valence-electron chi connectivity index (χ3n) is 6.05. The van der Waals surface area contributed by atoms with Crippen molar-refractivity contribution in [1.29, 1.82) is 0 Å². The van der Waals surface area contributed by atoms with Crippen molar-refractivity contribution in [2.45, 2.75) is 52.2 Å². The molecule has 0 aromatic carbocycles. The van der Waals surface area contributed by atoms with Crippen LogP contribution in [0.4, 0.5) is 5.13 Å². The Morgan fingerprint density at radius 2 is 2.12 bits per heavy atom. The predicted molar refractivity (Wildman–Crippen MR) is 107 cm³/mol. The van der Waals surface area contributed by atoms with Crippen LogP contribution < -0.4 is 11.1 Å². The quantitative estimate of drug-likeness (QED) is 0.830. The Balaban J connectivity index is 1.57. The molecule has 1 aliphatic heterocycles. The highest BCUT2D eigenvalue weighted by molar-refractivity contribution is 7.18. The molecule has 2 aromatic heterocycles. The van der Waals surface area contributed by atoms with Crippen LogP contribution in [-0.4, -0.2) is 29.1 Å². The summed E-state index contributed by atoms with van der Waals surface area (Å²) in [5, 5.41) is 3.62. The van der Waals surface area contributed by atoms with Gasteiger partial charge in [0.2, 0.25) is 5.91 Å². The number of rotatable bonds is 3. The number of hydrogen-bond donors (Lipinski definition) is 2. The van der Waals surface area contributed by atoms with E-state index in [1.807, 2.05) is 20.8 Å². The third kappa shape index (κ3) is 2.48. The molecule has 2 aliphatic rings. The van der Waals surface area contributed by atoms with Crippen LogP contribution in [0, 0.1) is 25.2 Å². The minimum Gasteiger partial charge on any atom is -0.377 e. The van der Waals surface area contributed by atoms with Crippen LogP contribution in [0.15, 0.2) is 12.1 Å². The van der Waals surface area contributed by atoms with E-state index < -0.39 is 5.54 Å². The van der Waals surface area contributed by atoms with Gasteiger partial charge in [-0.05, 0) is 38.8 Å². The van der Waals surface area contributed by atoms with Crippen molar-refractivity contribution >= 4 is 33.7 Å². The minimum absolute atomic E-state index is 0.0645. The Morgan fingerprint density at radius 3 is 2.81 bits per heavy atom. The normalized spacial score (nSPS) is 29.7. The second kappa shape index (κ2) is 6.12. The maximum atomic E-state index is 13.1. The molecule has 0 bridgehead atoms. The van der Waals surface area contributed by atoms with Crippen molar-refractivity contribution in [1.82, 2.24) is 4.98 Å². The maximum Gasteiger partial charge on any atom is 0.247 e. The van der Waals surface area contributed by atoms with Gasteiger partial charge in [0.25, 0.3) is 0 Å². The number of amides is 1. The fraction of sp³-hybridized carbons (Fsp3) is 0.579. The van der Waals surface area contributed by atoms with Gasteiger partial charge in [0, 0.05) is 27.7 Å². The second-order valence-electron chi connectivity index (χ2n) is 7.92. The van der Waals surface area contributed by atoms with Crippen LogP contribution in [0.3, 0.4) is 0 Å². The Hall–Kier alpha value is -1.28. The summed E-state index contributed by atoms with van der Waals surface area (Å²) < 4.78 is 5.90. The van der Waals surface area contributed by atoms with E-state index in [0.717, 1.165) is 34.9 Å². The number of anilines is 1. The number of thiophene rings is 1. The molecule has 7 heteroatoms. The Morgan fingerprint density at radius 1 is 1.35 bits per heavy atom. The number of thiazole rings is 1. The van der Waals surface area contributed by atoms with E-state index in [2.05, 4.69) is 29.4 Å². The number of nitrogens with zero attached hydrogens (tertiary/aromatic N) is 1. The molecule has 26 heavy (non-hydrogen) atoms. The summed E-state index contributed by atoms with van der Waals surface area (Å²) in [6.45, 7) is 8.95. The van der Waals surface area contributed by atoms with Crippen LogP contribution in [0.25, 0.3) is 10.6 Å². The van der Waals surface area contributed by atoms with Crippen molar-refractivity contribution in [2.75, 3.05) is 11.9 Å². The molecule has 1 saturated carbocycles. The van der Waals surface area contributed by atoms with E-state index in [9.17, 15) is 4.79 Å². The van der Waals surface area contributed by atoms with Gasteiger partial charge in [-0.3, -0.25) is 4.79 Å². The summed E-state index contributed by atoms with van der Waals surface area (Å²) in [5.74, 6) is -0.0661. The molecule has 140 valence electrons. The highest BCUT2D eigenvalue weighted by Gasteiger charge is 2.70. The zero-order valence-electron chi connectivity index (χ0n) is 15.6. The predicted octanol–water partition coefficient (Wildman–Crippen LogP) is 3.96. The number of fused-ring (bicyclic) bond motifs is 1. The van der Waals surface area contributed by atoms with Crippen LogP contribution >= 0.6 is 22.7 Å². The van der Waals surface area contributed by atoms with Gasteiger partial charge in [0.1, 0.15) is 5.54 Å². The largest absolute Gasteiger partial charge is 0.377 e. The molecule has 1 amide bonds. The number of nitrogens with two attached hydrogens (primary N) is 1. The number of aromatic nitrogens is 1. The minimum atomic E-state index is -0.919. The van der Waals surface area contributed by atoms with E-state index in [1.165, 1.54) is 16.2 Å². The molecule has 3 atom stereocenters. The van der Waals surface area contributed by atoms with Crippen LogP contribution in [0.1, 0.15) is 36.4 Å². The molecule has 3 heterocycles. The smallest absolute Gasteiger partial charge is 0.247 e. The summed E-state index contributed by atoms with van der Waals surface area (Å²) in [5.41, 5.74) is 6.31. The summed E-state index contributed by atoms with van der Waals surface area (Å²) in [7, 11) is 0. The lowest BCUT2D eigenvalue weighted by atomic mass is 9.46. The van der Waals surface area contributed by atoms with E-state index in [4.69, 9.17) is 10.5 Å². The third-order valence-corrected chi connectivity index (χ3v) is 7.94. The van der Waals surface area contributed by atoms with Gasteiger partial charge >= 0.3 is 0 Å². The molecule has 2 aromatic rings. The first kappa shape index (κ1) is 18.1. The molecule has 1 aliphatic carbocycles. The number of carbonyl (C=O) groups excluding carboxylic acids is 1. The number of hydrogen-bond acceptors (Lipinski definition) is 6. The topological polar surface area (TPSA) is 77.2 Å². The molecule has 0 spiro atoms. The van der Waals surface area contributed by atoms with Gasteiger partial charge in [0.15, 0.2) is 5.13 Å². The zero-order valence-corrected chi connectivity index (χ0v) is 17.2. The molecule has 1 saturated heterocycles. The average Bonchev–Trinajstić information content (AvgIpc) is 3.19. The van der Waals surface area contributed by atoms with E-state index in [0.29, 0.717) is 5.13 Å². The SMILES string of the molecule is Cc1ccc(-c2nc(NC(=O)C3(N)C4CCCOC4C3(C)C)sc2C)s1. The van der Waals surface area contributed by atoms with Gasteiger partial charge in [-0.15, -0.1) is 22.7 Å². The number of ether oxygens (including phenoxy) is 1. The van der Waals surface area contributed by atoms with Gasteiger partial charge in [-0.2, -0.15) is 0 Å². The van der Waals surface area contributed by atoms with E-state index >= 15 is 0 Å². The number of nitrogens with one attached hydrogen (secondary N) is 1. The molecule has 0 radical (unpaired) electrons. The van der Waals surface area contributed by atoms with Crippen molar-refractivity contribution in [3.8, 4) is 10.6 Å². The molecular formula is C19H25N3O2S2. The Labute approximate surface area is 162 Å². The van der Waals surface area contributed by atoms with Crippen molar-refractivity contribution in [2.24, 2.45) is 17.1 Å². The molecule has 5 nitrogen and oxygen atoms in total. The standard InChI is InChI=1S/C19H25N3O2S2/c1-10-7-8-13(25-10)14-11(2)26-17(21-14)22-16(23)19(20)12-6-5-9-24-15(12)18(19,3)4/h7-8,12,15H,5-6,9,20H2,1-4H3,(H,21,22,23). The fourth-order valence-electron chi connectivity index (χ4n) is 4.48. The first-order chi connectivity index (χ1) is 12.2. The molecule has 3 unspecified atom stereocenters. The van der Waals surface area contributed by atoms with Crippen molar-refractivity contribution < 1.29 is 9.53 Å². The summed E-state index contributed by atoms with van der Waals surface area (Å²) in [4.78, 5) is 21.3. The summed E-state index contributed by atoms with van der Waals surface area (Å²) in [6, 6.07) is 4.17. The monoisotopic (exact) mass is 391 g/mol. The lowest BCUT2D eigenvalue weighted by Gasteiger charge is -2.64. The fourth-order valence-corrected chi connectivity index (χ4v) is 6.28. The molecule has 2 fully saturated rings. The van der Waals surface area contributed by atoms with Gasteiger partial charge in [-0.25, -0.2) is 4.98 Å². The summed E-state index contributed by atoms with van der Waals surface area (Å²) in [6.07, 6.45) is 1.96. The van der Waals surface area contributed by atoms with Crippen LogP contribution in [0.5, 0.6) is 0 Å². The van der Waals surface area contributed by atoms with Gasteiger partial charge in [0.05, 0.1) is 16.7 Å². The lowest BCUT2D eigenvalue weighted by Crippen LogP contribution is -2.81. The molecular weight excluding hydrogens is 366 g/mol. The average molecular weight is 392 g/mol. The lowest BCUT2D eigenvalue weighted by molar-refractivity contribution is -0.222. The van der Waals surface area contributed by atoms with Crippen molar-refractivity contribution in [3.05, 3.63) is 21.9 Å². The maximum absolute atomic E-state index is 13.1.